The smallest absolute Gasteiger partial charge is 0.259 e. The van der Waals surface area contributed by atoms with Crippen molar-refractivity contribution in [2.45, 2.75) is 0 Å². The quantitative estimate of drug-likeness (QED) is 0.550. The van der Waals surface area contributed by atoms with Crippen LogP contribution in [0.5, 0.6) is 5.75 Å². The number of phenols is 1. The summed E-state index contributed by atoms with van der Waals surface area (Å²) in [5.41, 5.74) is 0.258. The summed E-state index contributed by atoms with van der Waals surface area (Å²) in [6, 6.07) is 2.58. The first-order valence-electron chi connectivity index (χ1n) is 3.06. The molecule has 1 aromatic rings. The molecule has 0 saturated carbocycles. The average molecular weight is 242 g/mol. The summed E-state index contributed by atoms with van der Waals surface area (Å²) in [4.78, 5) is 0. The minimum atomic E-state index is -2.19. The standard InChI is InChI=1S/C6H5Cl2NO3S/c7-4-1-3(9-13(11)12)2-5(8)6(4)10/h1-2,9-10H,(H,11,12). The fourth-order valence-corrected chi connectivity index (χ4v) is 1.53. The van der Waals surface area contributed by atoms with E-state index in [4.69, 9.17) is 32.9 Å². The third kappa shape index (κ3) is 2.73. The van der Waals surface area contributed by atoms with Crippen molar-refractivity contribution in [1.29, 1.82) is 0 Å². The van der Waals surface area contributed by atoms with E-state index in [1.54, 1.807) is 0 Å². The highest BCUT2D eigenvalue weighted by molar-refractivity contribution is 7.80. The molecule has 72 valence electrons. The zero-order valence-corrected chi connectivity index (χ0v) is 8.45. The molecule has 0 aliphatic heterocycles. The van der Waals surface area contributed by atoms with Gasteiger partial charge >= 0.3 is 0 Å². The zero-order valence-electron chi connectivity index (χ0n) is 6.12. The first kappa shape index (κ1) is 10.6. The van der Waals surface area contributed by atoms with Crippen LogP contribution in [0.3, 0.4) is 0 Å². The van der Waals surface area contributed by atoms with Crippen molar-refractivity contribution in [3.63, 3.8) is 0 Å². The molecule has 0 heterocycles. The topological polar surface area (TPSA) is 69.6 Å². The van der Waals surface area contributed by atoms with E-state index in [1.165, 1.54) is 12.1 Å². The second-order valence-electron chi connectivity index (χ2n) is 2.14. The van der Waals surface area contributed by atoms with Gasteiger partial charge in [0.05, 0.1) is 15.7 Å². The van der Waals surface area contributed by atoms with E-state index in [2.05, 4.69) is 4.72 Å². The summed E-state index contributed by atoms with van der Waals surface area (Å²) < 4.78 is 21.0. The van der Waals surface area contributed by atoms with Crippen LogP contribution in [0.15, 0.2) is 12.1 Å². The molecule has 0 aromatic heterocycles. The predicted octanol–water partition coefficient (Wildman–Crippen LogP) is 2.25. The maximum atomic E-state index is 10.3. The van der Waals surface area contributed by atoms with Crippen LogP contribution >= 0.6 is 23.2 Å². The average Bonchev–Trinajstić information content (AvgIpc) is 1.98. The van der Waals surface area contributed by atoms with E-state index in [9.17, 15) is 4.21 Å². The monoisotopic (exact) mass is 241 g/mol. The molecule has 7 heteroatoms. The fraction of sp³-hybridized carbons (Fsp3) is 0. The van der Waals surface area contributed by atoms with E-state index in [1.807, 2.05) is 0 Å². The Morgan fingerprint density at radius 1 is 1.31 bits per heavy atom. The van der Waals surface area contributed by atoms with Crippen molar-refractivity contribution < 1.29 is 13.9 Å². The molecule has 1 unspecified atom stereocenters. The van der Waals surface area contributed by atoms with Gasteiger partial charge in [-0.05, 0) is 12.1 Å². The van der Waals surface area contributed by atoms with Crippen LogP contribution in [0, 0.1) is 0 Å². The molecule has 0 aliphatic carbocycles. The number of hydrogen-bond donors (Lipinski definition) is 3. The molecule has 0 spiro atoms. The second kappa shape index (κ2) is 4.15. The summed E-state index contributed by atoms with van der Waals surface area (Å²) in [7, 11) is 0. The molecule has 1 atom stereocenters. The minimum absolute atomic E-state index is 0.0143. The molecular formula is C6H5Cl2NO3S. The van der Waals surface area contributed by atoms with E-state index in [0.717, 1.165) is 0 Å². The van der Waals surface area contributed by atoms with Gasteiger partial charge in [0, 0.05) is 0 Å². The molecule has 0 bridgehead atoms. The Morgan fingerprint density at radius 3 is 2.15 bits per heavy atom. The van der Waals surface area contributed by atoms with Crippen LogP contribution in [0.25, 0.3) is 0 Å². The van der Waals surface area contributed by atoms with Crippen molar-refractivity contribution in [2.24, 2.45) is 0 Å². The Labute approximate surface area is 86.9 Å². The third-order valence-corrected chi connectivity index (χ3v) is 2.21. The van der Waals surface area contributed by atoms with Crippen LogP contribution in [-0.4, -0.2) is 13.9 Å². The lowest BCUT2D eigenvalue weighted by molar-refractivity contribution is 0.476. The van der Waals surface area contributed by atoms with Gasteiger partial charge in [0.2, 0.25) is 0 Å². The van der Waals surface area contributed by atoms with Crippen molar-refractivity contribution in [3.05, 3.63) is 22.2 Å². The van der Waals surface area contributed by atoms with Crippen LogP contribution in [-0.2, 0) is 11.3 Å². The Bertz CT molecular complexity index is 335. The lowest BCUT2D eigenvalue weighted by atomic mass is 10.3. The fourth-order valence-electron chi connectivity index (χ4n) is 0.725. The van der Waals surface area contributed by atoms with Gasteiger partial charge in [0.1, 0.15) is 0 Å². The van der Waals surface area contributed by atoms with Gasteiger partial charge in [-0.2, -0.15) is 0 Å². The van der Waals surface area contributed by atoms with Gasteiger partial charge in [0.15, 0.2) is 5.75 Å². The minimum Gasteiger partial charge on any atom is -0.505 e. The number of rotatable bonds is 2. The van der Waals surface area contributed by atoms with Crippen LogP contribution in [0.4, 0.5) is 5.69 Å². The molecule has 0 radical (unpaired) electrons. The number of phenolic OH excluding ortho intramolecular Hbond substituents is 1. The molecule has 13 heavy (non-hydrogen) atoms. The maximum Gasteiger partial charge on any atom is 0.259 e. The first-order valence-corrected chi connectivity index (χ1v) is 4.92. The zero-order chi connectivity index (χ0) is 10.0. The molecule has 3 N–H and O–H groups in total. The molecule has 4 nitrogen and oxygen atoms in total. The van der Waals surface area contributed by atoms with Gasteiger partial charge in [-0.25, -0.2) is 4.21 Å². The number of anilines is 1. The number of halogens is 2. The number of aromatic hydroxyl groups is 1. The van der Waals surface area contributed by atoms with Gasteiger partial charge < -0.3 is 5.11 Å². The Kier molecular flexibility index (Phi) is 3.38. The summed E-state index contributed by atoms with van der Waals surface area (Å²) in [6.45, 7) is 0. The first-order chi connectivity index (χ1) is 6.00. The molecule has 1 rings (SSSR count). The lowest BCUT2D eigenvalue weighted by Crippen LogP contribution is -2.01. The van der Waals surface area contributed by atoms with E-state index < -0.39 is 11.3 Å². The summed E-state index contributed by atoms with van der Waals surface area (Å²) in [5.74, 6) is -0.252. The van der Waals surface area contributed by atoms with Gasteiger partial charge in [-0.3, -0.25) is 9.27 Å². The largest absolute Gasteiger partial charge is 0.505 e. The lowest BCUT2D eigenvalue weighted by Gasteiger charge is -2.04. The SMILES string of the molecule is O=S(O)Nc1cc(Cl)c(O)c(Cl)c1. The van der Waals surface area contributed by atoms with Gasteiger partial charge in [0.25, 0.3) is 11.3 Å². The number of benzene rings is 1. The number of hydrogen-bond acceptors (Lipinski definition) is 2. The molecule has 0 saturated heterocycles. The van der Waals surface area contributed by atoms with E-state index in [0.29, 0.717) is 0 Å². The van der Waals surface area contributed by atoms with Gasteiger partial charge in [-0.1, -0.05) is 23.2 Å². The Morgan fingerprint density at radius 2 is 1.77 bits per heavy atom. The van der Waals surface area contributed by atoms with Crippen molar-refractivity contribution >= 4 is 40.2 Å². The van der Waals surface area contributed by atoms with Crippen molar-refractivity contribution in [2.75, 3.05) is 4.72 Å². The van der Waals surface area contributed by atoms with E-state index in [-0.39, 0.29) is 21.5 Å². The molecule has 1 aromatic carbocycles. The van der Waals surface area contributed by atoms with Crippen molar-refractivity contribution in [3.8, 4) is 5.75 Å². The molecular weight excluding hydrogens is 237 g/mol. The number of nitrogens with one attached hydrogen (secondary N) is 1. The highest BCUT2D eigenvalue weighted by Crippen LogP contribution is 2.34. The Hall–Kier alpha value is -0.490. The van der Waals surface area contributed by atoms with Crippen molar-refractivity contribution in [1.82, 2.24) is 0 Å². The normalized spacial score (nSPS) is 12.5. The summed E-state index contributed by atoms with van der Waals surface area (Å²) >= 11 is 8.91. The highest BCUT2D eigenvalue weighted by Gasteiger charge is 2.07. The Balaban J connectivity index is 3.06. The summed E-state index contributed by atoms with van der Waals surface area (Å²) in [6.07, 6.45) is 0. The molecule has 0 fully saturated rings. The molecule has 0 amide bonds. The highest BCUT2D eigenvalue weighted by atomic mass is 35.5. The van der Waals surface area contributed by atoms with Crippen LogP contribution < -0.4 is 4.72 Å². The van der Waals surface area contributed by atoms with Gasteiger partial charge in [-0.15, -0.1) is 0 Å². The van der Waals surface area contributed by atoms with E-state index >= 15 is 0 Å². The maximum absolute atomic E-state index is 10.3. The molecule has 0 aliphatic rings. The predicted molar refractivity (Wildman–Crippen MR) is 52.5 cm³/mol. The summed E-state index contributed by atoms with van der Waals surface area (Å²) in [5, 5.41) is 9.16. The van der Waals surface area contributed by atoms with Crippen LogP contribution in [0.1, 0.15) is 0 Å². The van der Waals surface area contributed by atoms with Crippen LogP contribution in [0.2, 0.25) is 10.0 Å². The third-order valence-electron chi connectivity index (χ3n) is 1.22. The second-order valence-corrected chi connectivity index (χ2v) is 3.66.